The number of anilines is 1. The SMILES string of the molecule is O=C(O)c1cncnc1NCC1CCCCC1. The third-order valence-electron chi connectivity index (χ3n) is 3.23. The third kappa shape index (κ3) is 3.15. The fourth-order valence-corrected chi connectivity index (χ4v) is 2.26. The second-order valence-electron chi connectivity index (χ2n) is 4.48. The quantitative estimate of drug-likeness (QED) is 0.836. The van der Waals surface area contributed by atoms with Gasteiger partial charge in [-0.3, -0.25) is 0 Å². The fourth-order valence-electron chi connectivity index (χ4n) is 2.26. The molecule has 1 aliphatic carbocycles. The summed E-state index contributed by atoms with van der Waals surface area (Å²) in [7, 11) is 0. The number of aromatic carboxylic acids is 1. The predicted octanol–water partition coefficient (Wildman–Crippen LogP) is 2.17. The molecule has 1 aromatic rings. The zero-order chi connectivity index (χ0) is 12.1. The Morgan fingerprint density at radius 3 is 2.88 bits per heavy atom. The average Bonchev–Trinajstić information content (AvgIpc) is 2.38. The molecule has 2 N–H and O–H groups in total. The van der Waals surface area contributed by atoms with Crippen LogP contribution in [0.25, 0.3) is 0 Å². The zero-order valence-corrected chi connectivity index (χ0v) is 9.72. The van der Waals surface area contributed by atoms with Crippen LogP contribution in [0.1, 0.15) is 42.5 Å². The van der Waals surface area contributed by atoms with E-state index in [2.05, 4.69) is 15.3 Å². The van der Waals surface area contributed by atoms with E-state index < -0.39 is 5.97 Å². The highest BCUT2D eigenvalue weighted by Gasteiger charge is 2.15. The van der Waals surface area contributed by atoms with Crippen LogP contribution in [0.4, 0.5) is 5.82 Å². The van der Waals surface area contributed by atoms with Crippen LogP contribution < -0.4 is 5.32 Å². The Balaban J connectivity index is 1.96. The van der Waals surface area contributed by atoms with Gasteiger partial charge in [-0.25, -0.2) is 14.8 Å². The van der Waals surface area contributed by atoms with Crippen molar-refractivity contribution in [3.63, 3.8) is 0 Å². The summed E-state index contributed by atoms with van der Waals surface area (Å²) < 4.78 is 0. The number of rotatable bonds is 4. The van der Waals surface area contributed by atoms with E-state index in [4.69, 9.17) is 5.11 Å². The maximum absolute atomic E-state index is 11.0. The van der Waals surface area contributed by atoms with Crippen LogP contribution in [-0.4, -0.2) is 27.6 Å². The van der Waals surface area contributed by atoms with E-state index in [0.717, 1.165) is 6.54 Å². The summed E-state index contributed by atoms with van der Waals surface area (Å²) in [6, 6.07) is 0. The van der Waals surface area contributed by atoms with E-state index in [1.54, 1.807) is 0 Å². The number of carboxylic acid groups (broad SMARTS) is 1. The molecule has 1 aliphatic rings. The summed E-state index contributed by atoms with van der Waals surface area (Å²) >= 11 is 0. The second kappa shape index (κ2) is 5.61. The van der Waals surface area contributed by atoms with Crippen LogP contribution in [-0.2, 0) is 0 Å². The molecule has 1 aromatic heterocycles. The number of carbonyl (C=O) groups is 1. The number of hydrogen-bond donors (Lipinski definition) is 2. The van der Waals surface area contributed by atoms with Crippen LogP contribution >= 0.6 is 0 Å². The Morgan fingerprint density at radius 2 is 2.18 bits per heavy atom. The molecule has 0 saturated heterocycles. The summed E-state index contributed by atoms with van der Waals surface area (Å²) in [5, 5.41) is 12.1. The minimum Gasteiger partial charge on any atom is -0.477 e. The molecule has 2 rings (SSSR count). The molecular weight excluding hydrogens is 218 g/mol. The van der Waals surface area contributed by atoms with Crippen molar-refractivity contribution < 1.29 is 9.90 Å². The molecule has 5 heteroatoms. The first-order chi connectivity index (χ1) is 8.27. The molecule has 17 heavy (non-hydrogen) atoms. The van der Waals surface area contributed by atoms with Gasteiger partial charge < -0.3 is 10.4 Å². The normalized spacial score (nSPS) is 16.7. The van der Waals surface area contributed by atoms with Crippen LogP contribution in [0.5, 0.6) is 0 Å². The summed E-state index contributed by atoms with van der Waals surface area (Å²) in [5.74, 6) is 0.0789. The first-order valence-corrected chi connectivity index (χ1v) is 6.04. The van der Waals surface area contributed by atoms with E-state index in [1.165, 1.54) is 44.6 Å². The van der Waals surface area contributed by atoms with Gasteiger partial charge in [0.1, 0.15) is 17.7 Å². The molecule has 1 heterocycles. The molecule has 5 nitrogen and oxygen atoms in total. The summed E-state index contributed by atoms with van der Waals surface area (Å²) in [5.41, 5.74) is 0.142. The van der Waals surface area contributed by atoms with E-state index in [-0.39, 0.29) is 5.56 Å². The van der Waals surface area contributed by atoms with Gasteiger partial charge in [0.25, 0.3) is 0 Å². The van der Waals surface area contributed by atoms with Crippen molar-refractivity contribution >= 4 is 11.8 Å². The number of nitrogens with zero attached hydrogens (tertiary/aromatic N) is 2. The van der Waals surface area contributed by atoms with Crippen molar-refractivity contribution in [2.75, 3.05) is 11.9 Å². The van der Waals surface area contributed by atoms with Crippen molar-refractivity contribution in [2.45, 2.75) is 32.1 Å². The molecular formula is C12H17N3O2. The molecule has 0 unspecified atom stereocenters. The Kier molecular flexibility index (Phi) is 3.90. The second-order valence-corrected chi connectivity index (χ2v) is 4.48. The van der Waals surface area contributed by atoms with Gasteiger partial charge in [0.05, 0.1) is 0 Å². The number of aromatic nitrogens is 2. The first-order valence-electron chi connectivity index (χ1n) is 6.04. The van der Waals surface area contributed by atoms with Crippen LogP contribution in [0.2, 0.25) is 0 Å². The fraction of sp³-hybridized carbons (Fsp3) is 0.583. The Hall–Kier alpha value is -1.65. The molecule has 0 atom stereocenters. The van der Waals surface area contributed by atoms with Gasteiger partial charge >= 0.3 is 5.97 Å². The lowest BCUT2D eigenvalue weighted by Gasteiger charge is -2.22. The van der Waals surface area contributed by atoms with Gasteiger partial charge in [-0.15, -0.1) is 0 Å². The lowest BCUT2D eigenvalue weighted by Crippen LogP contribution is -2.19. The molecule has 0 aromatic carbocycles. The summed E-state index contributed by atoms with van der Waals surface area (Å²) in [6.45, 7) is 0.803. The molecule has 1 fully saturated rings. The lowest BCUT2D eigenvalue weighted by molar-refractivity contribution is 0.0697. The lowest BCUT2D eigenvalue weighted by atomic mass is 9.89. The minimum atomic E-state index is -0.989. The number of carboxylic acids is 1. The van der Waals surface area contributed by atoms with Gasteiger partial charge in [-0.2, -0.15) is 0 Å². The highest BCUT2D eigenvalue weighted by atomic mass is 16.4. The van der Waals surface area contributed by atoms with E-state index in [0.29, 0.717) is 11.7 Å². The molecule has 0 amide bonds. The van der Waals surface area contributed by atoms with Crippen molar-refractivity contribution in [1.82, 2.24) is 9.97 Å². The Morgan fingerprint density at radius 1 is 1.41 bits per heavy atom. The average molecular weight is 235 g/mol. The molecule has 0 spiro atoms. The smallest absolute Gasteiger partial charge is 0.341 e. The number of hydrogen-bond acceptors (Lipinski definition) is 4. The first kappa shape index (κ1) is 11.8. The number of nitrogens with one attached hydrogen (secondary N) is 1. The van der Waals surface area contributed by atoms with Gasteiger partial charge in [-0.05, 0) is 18.8 Å². The molecule has 0 bridgehead atoms. The molecule has 1 saturated carbocycles. The molecule has 0 radical (unpaired) electrons. The van der Waals surface area contributed by atoms with Gasteiger partial charge in [0, 0.05) is 12.7 Å². The summed E-state index contributed by atoms with van der Waals surface area (Å²) in [4.78, 5) is 18.7. The van der Waals surface area contributed by atoms with E-state index in [9.17, 15) is 4.79 Å². The molecule has 92 valence electrons. The maximum atomic E-state index is 11.0. The predicted molar refractivity (Wildman–Crippen MR) is 64.1 cm³/mol. The zero-order valence-electron chi connectivity index (χ0n) is 9.72. The standard InChI is InChI=1S/C12H17N3O2/c16-12(17)10-7-13-8-15-11(10)14-6-9-4-2-1-3-5-9/h7-9H,1-6H2,(H,16,17)(H,13,14,15). The summed E-state index contributed by atoms with van der Waals surface area (Å²) in [6.07, 6.45) is 9.03. The third-order valence-corrected chi connectivity index (χ3v) is 3.23. The van der Waals surface area contributed by atoms with E-state index >= 15 is 0 Å². The van der Waals surface area contributed by atoms with Crippen LogP contribution in [0, 0.1) is 5.92 Å². The monoisotopic (exact) mass is 235 g/mol. The Labute approximate surface area is 100 Å². The van der Waals surface area contributed by atoms with Gasteiger partial charge in [0.15, 0.2) is 0 Å². The van der Waals surface area contributed by atoms with Crippen molar-refractivity contribution in [3.05, 3.63) is 18.1 Å². The van der Waals surface area contributed by atoms with Crippen LogP contribution in [0.15, 0.2) is 12.5 Å². The molecule has 0 aliphatic heterocycles. The minimum absolute atomic E-state index is 0.142. The highest BCUT2D eigenvalue weighted by Crippen LogP contribution is 2.24. The van der Waals surface area contributed by atoms with Crippen LogP contribution in [0.3, 0.4) is 0 Å². The Bertz CT molecular complexity index is 389. The van der Waals surface area contributed by atoms with Crippen molar-refractivity contribution in [2.24, 2.45) is 5.92 Å². The van der Waals surface area contributed by atoms with Crippen molar-refractivity contribution in [1.29, 1.82) is 0 Å². The van der Waals surface area contributed by atoms with Crippen molar-refractivity contribution in [3.8, 4) is 0 Å². The highest BCUT2D eigenvalue weighted by molar-refractivity contribution is 5.92. The topological polar surface area (TPSA) is 75.1 Å². The largest absolute Gasteiger partial charge is 0.477 e. The van der Waals surface area contributed by atoms with Gasteiger partial charge in [0.2, 0.25) is 0 Å². The van der Waals surface area contributed by atoms with E-state index in [1.807, 2.05) is 0 Å². The maximum Gasteiger partial charge on any atom is 0.341 e. The van der Waals surface area contributed by atoms with Gasteiger partial charge in [-0.1, -0.05) is 19.3 Å².